The average Bonchev–Trinajstić information content (AvgIpc) is 2.87. The first kappa shape index (κ1) is 22.3. The Morgan fingerprint density at radius 2 is 1.18 bits per heavy atom. The quantitative estimate of drug-likeness (QED) is 0.309. The normalized spacial score (nSPS) is 16.0. The summed E-state index contributed by atoms with van der Waals surface area (Å²) in [4.78, 5) is 11.0. The van der Waals surface area contributed by atoms with Crippen molar-refractivity contribution < 1.29 is 4.79 Å². The van der Waals surface area contributed by atoms with Crippen LogP contribution in [0.4, 0.5) is 0 Å². The second-order valence-corrected chi connectivity index (χ2v) is 10.8. The van der Waals surface area contributed by atoms with E-state index in [4.69, 9.17) is 0 Å². The van der Waals surface area contributed by atoms with E-state index in [1.54, 1.807) is 0 Å². The Morgan fingerprint density at radius 3 is 1.85 bits per heavy atom. The first-order valence-corrected chi connectivity index (χ1v) is 12.1. The molecule has 0 heterocycles. The zero-order valence-corrected chi connectivity index (χ0v) is 20.5. The monoisotopic (exact) mass is 443 g/mol. The molecule has 0 aromatic heterocycles. The molecular weight excluding hydrogens is 412 g/mol. The lowest BCUT2D eigenvalue weighted by atomic mass is 9.63. The summed E-state index contributed by atoms with van der Waals surface area (Å²) in [5.74, 6) is 0. The maximum atomic E-state index is 11.0. The van der Waals surface area contributed by atoms with E-state index in [1.165, 1.54) is 46.2 Å². The summed E-state index contributed by atoms with van der Waals surface area (Å²) in [7, 11) is 0. The molecule has 0 saturated carbocycles. The van der Waals surface area contributed by atoms with E-state index in [-0.39, 0.29) is 10.8 Å². The van der Waals surface area contributed by atoms with E-state index in [9.17, 15) is 4.79 Å². The van der Waals surface area contributed by atoms with Gasteiger partial charge in [-0.15, -0.1) is 0 Å². The molecule has 0 atom stereocenters. The van der Waals surface area contributed by atoms with Crippen molar-refractivity contribution in [3.63, 3.8) is 0 Å². The zero-order valence-electron chi connectivity index (χ0n) is 20.5. The van der Waals surface area contributed by atoms with E-state index in [0.29, 0.717) is 5.56 Å². The van der Waals surface area contributed by atoms with Gasteiger partial charge in [-0.3, -0.25) is 4.79 Å². The minimum Gasteiger partial charge on any atom is -0.285 e. The van der Waals surface area contributed by atoms with Crippen molar-refractivity contribution in [2.75, 3.05) is 0 Å². The van der Waals surface area contributed by atoms with Crippen molar-refractivity contribution in [2.24, 2.45) is 0 Å². The third-order valence-corrected chi connectivity index (χ3v) is 7.60. The minimum absolute atomic E-state index is 0.159. The molecule has 0 aliphatic heterocycles. The van der Waals surface area contributed by atoms with Crippen molar-refractivity contribution >= 4 is 6.29 Å². The maximum Gasteiger partial charge on any atom is 0.233 e. The Morgan fingerprint density at radius 1 is 0.559 bits per heavy atom. The smallest absolute Gasteiger partial charge is 0.233 e. The summed E-state index contributed by atoms with van der Waals surface area (Å²) in [6, 6.07) is 32.1. The Bertz CT molecular complexity index is 1340. The van der Waals surface area contributed by atoms with Crippen LogP contribution in [0.25, 0.3) is 33.4 Å². The van der Waals surface area contributed by atoms with Crippen LogP contribution in [0.15, 0.2) is 91.0 Å². The van der Waals surface area contributed by atoms with Crippen molar-refractivity contribution in [3.8, 4) is 33.4 Å². The van der Waals surface area contributed by atoms with Crippen LogP contribution >= 0.6 is 0 Å². The van der Waals surface area contributed by atoms with Gasteiger partial charge >= 0.3 is 0 Å². The topological polar surface area (TPSA) is 17.1 Å². The van der Waals surface area contributed by atoms with Crippen LogP contribution in [0.3, 0.4) is 0 Å². The summed E-state index contributed by atoms with van der Waals surface area (Å²) in [6.07, 6.45) is 4.38. The van der Waals surface area contributed by atoms with E-state index in [1.807, 2.05) is 30.6 Å². The van der Waals surface area contributed by atoms with Crippen molar-refractivity contribution in [1.82, 2.24) is 0 Å². The summed E-state index contributed by atoms with van der Waals surface area (Å²) in [6.45, 7) is 9.50. The molecule has 1 aliphatic rings. The summed E-state index contributed by atoms with van der Waals surface area (Å²) < 4.78 is 0. The molecule has 0 N–H and O–H groups in total. The molecule has 169 valence electrons. The fourth-order valence-corrected chi connectivity index (χ4v) is 5.32. The van der Waals surface area contributed by atoms with Gasteiger partial charge in [0.15, 0.2) is 0 Å². The Labute approximate surface area is 203 Å². The van der Waals surface area contributed by atoms with Gasteiger partial charge in [0, 0.05) is 5.56 Å². The highest BCUT2D eigenvalue weighted by molar-refractivity contribution is 5.88. The summed E-state index contributed by atoms with van der Waals surface area (Å²) in [5, 5.41) is 0. The highest BCUT2D eigenvalue weighted by Crippen LogP contribution is 2.47. The standard InChI is InChI=1S/C33H31O/c1-32(2)18-19-33(3,4)31-21-27(15-17-30(31)32)29-20-26(24-12-10-23(22-34)11-13-24)14-16-28(29)25-8-6-5-7-9-25/h5-17,20-21H,18-19H2,1-4H3. The number of benzene rings is 4. The van der Waals surface area contributed by atoms with E-state index < -0.39 is 0 Å². The molecule has 1 nitrogen and oxygen atoms in total. The van der Waals surface area contributed by atoms with Gasteiger partial charge in [0.25, 0.3) is 0 Å². The molecule has 1 radical (unpaired) electrons. The molecule has 0 saturated heterocycles. The Balaban J connectivity index is 1.71. The van der Waals surface area contributed by atoms with Crippen molar-refractivity contribution in [2.45, 2.75) is 51.4 Å². The number of fused-ring (bicyclic) bond motifs is 1. The van der Waals surface area contributed by atoms with Crippen LogP contribution in [-0.2, 0) is 15.6 Å². The fraction of sp³-hybridized carbons (Fsp3) is 0.242. The average molecular weight is 444 g/mol. The lowest BCUT2D eigenvalue weighted by Gasteiger charge is -2.42. The van der Waals surface area contributed by atoms with Gasteiger partial charge in [-0.25, -0.2) is 0 Å². The second-order valence-electron chi connectivity index (χ2n) is 10.8. The predicted molar refractivity (Wildman–Crippen MR) is 143 cm³/mol. The zero-order chi connectivity index (χ0) is 23.9. The molecule has 1 heteroatoms. The summed E-state index contributed by atoms with van der Waals surface area (Å²) in [5.41, 5.74) is 11.1. The molecule has 0 spiro atoms. The molecule has 0 amide bonds. The van der Waals surface area contributed by atoms with Gasteiger partial charge in [0.05, 0.1) is 0 Å². The van der Waals surface area contributed by atoms with Gasteiger partial charge in [0.1, 0.15) is 0 Å². The van der Waals surface area contributed by atoms with Crippen molar-refractivity contribution in [1.29, 1.82) is 0 Å². The molecule has 4 aromatic carbocycles. The van der Waals surface area contributed by atoms with Gasteiger partial charge in [-0.05, 0) is 74.2 Å². The van der Waals surface area contributed by atoms with Gasteiger partial charge < -0.3 is 0 Å². The first-order chi connectivity index (χ1) is 16.3. The van der Waals surface area contributed by atoms with Crippen LogP contribution in [0.1, 0.15) is 57.2 Å². The predicted octanol–water partition coefficient (Wildman–Crippen LogP) is 8.49. The van der Waals surface area contributed by atoms with Crippen LogP contribution in [0, 0.1) is 0 Å². The van der Waals surface area contributed by atoms with Crippen LogP contribution < -0.4 is 0 Å². The first-order valence-electron chi connectivity index (χ1n) is 12.1. The molecule has 1 aliphatic carbocycles. The SMILES string of the molecule is CC1(C)CCC(C)(C)c2cc(-c3cc(-c4ccc([C]=O)cc4)ccc3-c3ccccc3)ccc21. The van der Waals surface area contributed by atoms with Crippen LogP contribution in [-0.4, -0.2) is 6.29 Å². The number of carbonyl (C=O) groups excluding carboxylic acids is 1. The van der Waals surface area contributed by atoms with Gasteiger partial charge in [-0.2, -0.15) is 0 Å². The third kappa shape index (κ3) is 4.01. The van der Waals surface area contributed by atoms with Gasteiger partial charge in [0.2, 0.25) is 6.29 Å². The van der Waals surface area contributed by atoms with Crippen molar-refractivity contribution in [3.05, 3.63) is 108 Å². The van der Waals surface area contributed by atoms with E-state index >= 15 is 0 Å². The van der Waals surface area contributed by atoms with Crippen LogP contribution in [0.5, 0.6) is 0 Å². The minimum atomic E-state index is 0.159. The number of hydrogen-bond donors (Lipinski definition) is 0. The molecule has 0 unspecified atom stereocenters. The highest BCUT2D eigenvalue weighted by atomic mass is 16.1. The maximum absolute atomic E-state index is 11.0. The Kier molecular flexibility index (Phi) is 5.52. The second kappa shape index (κ2) is 8.40. The van der Waals surface area contributed by atoms with Crippen LogP contribution in [0.2, 0.25) is 0 Å². The largest absolute Gasteiger partial charge is 0.285 e. The summed E-state index contributed by atoms with van der Waals surface area (Å²) >= 11 is 0. The number of hydrogen-bond acceptors (Lipinski definition) is 1. The lowest BCUT2D eigenvalue weighted by Crippen LogP contribution is -2.33. The fourth-order valence-electron chi connectivity index (χ4n) is 5.32. The van der Waals surface area contributed by atoms with E-state index in [2.05, 4.69) is 94.4 Å². The molecular formula is C33H31O. The highest BCUT2D eigenvalue weighted by Gasteiger charge is 2.37. The van der Waals surface area contributed by atoms with Gasteiger partial charge in [-0.1, -0.05) is 113 Å². The third-order valence-electron chi connectivity index (χ3n) is 7.60. The lowest BCUT2D eigenvalue weighted by molar-refractivity contribution is 0.332. The Hall–Kier alpha value is -3.45. The molecule has 4 aromatic rings. The molecule has 0 fully saturated rings. The molecule has 5 rings (SSSR count). The van der Waals surface area contributed by atoms with E-state index in [0.717, 1.165) is 11.1 Å². The molecule has 34 heavy (non-hydrogen) atoms. The number of rotatable bonds is 4. The molecule has 0 bridgehead atoms.